The number of amides is 2. The summed E-state index contributed by atoms with van der Waals surface area (Å²) in [5.41, 5.74) is 3.13. The van der Waals surface area contributed by atoms with E-state index in [1.54, 1.807) is 36.4 Å². The molecule has 0 spiro atoms. The van der Waals surface area contributed by atoms with Crippen LogP contribution in [0.25, 0.3) is 0 Å². The molecule has 0 heterocycles. The normalized spacial score (nSPS) is 12.8. The van der Waals surface area contributed by atoms with Crippen LogP contribution in [0.5, 0.6) is 0 Å². The molecule has 1 N–H and O–H groups in total. The molecule has 0 aromatic heterocycles. The molecule has 0 saturated carbocycles. The molecule has 0 bridgehead atoms. The summed E-state index contributed by atoms with van der Waals surface area (Å²) in [7, 11) is -4.08. The maximum atomic E-state index is 14.0. The highest BCUT2D eigenvalue weighted by molar-refractivity contribution is 7.92. The van der Waals surface area contributed by atoms with E-state index >= 15 is 0 Å². The summed E-state index contributed by atoms with van der Waals surface area (Å²) in [6.45, 7) is 9.28. The summed E-state index contributed by atoms with van der Waals surface area (Å²) in [5, 5.41) is 2.99. The number of hydrogen-bond acceptors (Lipinski definition) is 4. The lowest BCUT2D eigenvalue weighted by atomic mass is 10.1. The van der Waals surface area contributed by atoms with Crippen LogP contribution in [0.15, 0.2) is 83.8 Å². The van der Waals surface area contributed by atoms with Gasteiger partial charge in [0, 0.05) is 12.6 Å². The first-order valence-electron chi connectivity index (χ1n) is 13.4. The standard InChI is InChI=1S/C31H39N3O4S/c1-6-25(5)32-31(36)29(7-2)33(21-26-11-9-8-10-12-26)30(35)22-34(27-17-13-23(3)14-18-27)39(37,38)28-19-15-24(4)16-20-28/h8-20,25,29H,6-7,21-22H2,1-5H3,(H,32,36)/t25-,29-/m0/s1. The first-order chi connectivity index (χ1) is 18.6. The Bertz CT molecular complexity index is 1340. The second-order valence-corrected chi connectivity index (χ2v) is 11.8. The van der Waals surface area contributed by atoms with Crippen molar-refractivity contribution in [1.29, 1.82) is 0 Å². The van der Waals surface area contributed by atoms with Gasteiger partial charge in [-0.2, -0.15) is 0 Å². The van der Waals surface area contributed by atoms with Crippen molar-refractivity contribution >= 4 is 27.5 Å². The van der Waals surface area contributed by atoms with Crippen LogP contribution in [-0.4, -0.2) is 43.8 Å². The number of aryl methyl sites for hydroxylation is 2. The highest BCUT2D eigenvalue weighted by atomic mass is 32.2. The average molecular weight is 550 g/mol. The van der Waals surface area contributed by atoms with Crippen molar-refractivity contribution in [2.45, 2.75) is 71.0 Å². The van der Waals surface area contributed by atoms with Gasteiger partial charge >= 0.3 is 0 Å². The molecule has 0 aliphatic rings. The third-order valence-corrected chi connectivity index (χ3v) is 8.58. The Morgan fingerprint density at radius 1 is 0.821 bits per heavy atom. The fourth-order valence-electron chi connectivity index (χ4n) is 4.22. The molecule has 0 aliphatic heterocycles. The number of carbonyl (C=O) groups is 2. The zero-order valence-electron chi connectivity index (χ0n) is 23.4. The van der Waals surface area contributed by atoms with Crippen LogP contribution in [0, 0.1) is 13.8 Å². The molecule has 7 nitrogen and oxygen atoms in total. The van der Waals surface area contributed by atoms with E-state index in [4.69, 9.17) is 0 Å². The first kappa shape index (κ1) is 29.9. The zero-order chi connectivity index (χ0) is 28.6. The van der Waals surface area contributed by atoms with Crippen LogP contribution < -0.4 is 9.62 Å². The van der Waals surface area contributed by atoms with E-state index in [-0.39, 0.29) is 23.4 Å². The number of sulfonamides is 1. The largest absolute Gasteiger partial charge is 0.352 e. The van der Waals surface area contributed by atoms with Crippen molar-refractivity contribution in [2.75, 3.05) is 10.8 Å². The van der Waals surface area contributed by atoms with Crippen LogP contribution >= 0.6 is 0 Å². The second kappa shape index (κ2) is 13.4. The molecule has 8 heteroatoms. The molecule has 0 unspecified atom stereocenters. The molecule has 0 fully saturated rings. The van der Waals surface area contributed by atoms with Gasteiger partial charge in [-0.3, -0.25) is 13.9 Å². The van der Waals surface area contributed by atoms with Crippen molar-refractivity contribution in [3.8, 4) is 0 Å². The minimum atomic E-state index is -4.08. The van der Waals surface area contributed by atoms with E-state index < -0.39 is 28.5 Å². The van der Waals surface area contributed by atoms with Crippen LogP contribution in [-0.2, 0) is 26.2 Å². The molecule has 0 saturated heterocycles. The molecular weight excluding hydrogens is 510 g/mol. The van der Waals surface area contributed by atoms with Crippen molar-refractivity contribution in [2.24, 2.45) is 0 Å². The molecule has 0 radical (unpaired) electrons. The fourth-order valence-corrected chi connectivity index (χ4v) is 5.63. The number of nitrogens with zero attached hydrogens (tertiary/aromatic N) is 2. The third-order valence-electron chi connectivity index (χ3n) is 6.79. The van der Waals surface area contributed by atoms with Crippen molar-refractivity contribution in [3.05, 3.63) is 95.6 Å². The molecule has 0 aliphatic carbocycles. The molecule has 2 amide bonds. The van der Waals surface area contributed by atoms with E-state index in [0.717, 1.165) is 27.4 Å². The highest BCUT2D eigenvalue weighted by Gasteiger charge is 2.33. The minimum absolute atomic E-state index is 0.0498. The summed E-state index contributed by atoms with van der Waals surface area (Å²) < 4.78 is 28.9. The molecule has 3 aromatic carbocycles. The number of hydrogen-bond donors (Lipinski definition) is 1. The fraction of sp³-hybridized carbons (Fsp3) is 0.355. The van der Waals surface area contributed by atoms with Gasteiger partial charge in [-0.15, -0.1) is 0 Å². The molecular formula is C31H39N3O4S. The van der Waals surface area contributed by atoms with Crippen molar-refractivity contribution < 1.29 is 18.0 Å². The summed E-state index contributed by atoms with van der Waals surface area (Å²) in [6.07, 6.45) is 1.14. The molecule has 39 heavy (non-hydrogen) atoms. The Kier molecular flexibility index (Phi) is 10.3. The van der Waals surface area contributed by atoms with Crippen LogP contribution in [0.2, 0.25) is 0 Å². The number of anilines is 1. The SMILES string of the molecule is CC[C@H](C)NC(=O)[C@H](CC)N(Cc1ccccc1)C(=O)CN(c1ccc(C)cc1)S(=O)(=O)c1ccc(C)cc1. The lowest BCUT2D eigenvalue weighted by Gasteiger charge is -2.33. The average Bonchev–Trinajstić information content (AvgIpc) is 2.92. The van der Waals surface area contributed by atoms with Gasteiger partial charge in [0.2, 0.25) is 11.8 Å². The lowest BCUT2D eigenvalue weighted by Crippen LogP contribution is -2.53. The third kappa shape index (κ3) is 7.69. The number of benzene rings is 3. The summed E-state index contributed by atoms with van der Waals surface area (Å²) in [4.78, 5) is 28.9. The van der Waals surface area contributed by atoms with Gasteiger partial charge in [0.15, 0.2) is 0 Å². The Labute approximate surface area is 232 Å². The van der Waals surface area contributed by atoms with Gasteiger partial charge in [-0.1, -0.05) is 79.6 Å². The Hall–Kier alpha value is -3.65. The minimum Gasteiger partial charge on any atom is -0.352 e. The van der Waals surface area contributed by atoms with Gasteiger partial charge in [-0.05, 0) is 63.4 Å². The van der Waals surface area contributed by atoms with Crippen LogP contribution in [0.4, 0.5) is 5.69 Å². The lowest BCUT2D eigenvalue weighted by molar-refractivity contribution is -0.140. The van der Waals surface area contributed by atoms with E-state index in [2.05, 4.69) is 5.32 Å². The summed E-state index contributed by atoms with van der Waals surface area (Å²) >= 11 is 0. The monoisotopic (exact) mass is 549 g/mol. The van der Waals surface area contributed by atoms with Gasteiger partial charge in [0.25, 0.3) is 10.0 Å². The molecule has 3 aromatic rings. The summed E-state index contributed by atoms with van der Waals surface area (Å²) in [5.74, 6) is -0.708. The number of nitrogens with one attached hydrogen (secondary N) is 1. The van der Waals surface area contributed by atoms with E-state index in [1.165, 1.54) is 4.90 Å². The predicted octanol–water partition coefficient (Wildman–Crippen LogP) is 5.22. The number of carbonyl (C=O) groups excluding carboxylic acids is 2. The molecule has 3 rings (SSSR count). The summed E-state index contributed by atoms with van der Waals surface area (Å²) in [6, 6.07) is 22.2. The van der Waals surface area contributed by atoms with Gasteiger partial charge < -0.3 is 10.2 Å². The Morgan fingerprint density at radius 3 is 1.92 bits per heavy atom. The topological polar surface area (TPSA) is 86.8 Å². The van der Waals surface area contributed by atoms with Crippen molar-refractivity contribution in [3.63, 3.8) is 0 Å². The van der Waals surface area contributed by atoms with E-state index in [9.17, 15) is 18.0 Å². The van der Waals surface area contributed by atoms with Gasteiger partial charge in [0.1, 0.15) is 12.6 Å². The smallest absolute Gasteiger partial charge is 0.264 e. The Morgan fingerprint density at radius 2 is 1.38 bits per heavy atom. The van der Waals surface area contributed by atoms with Crippen LogP contribution in [0.3, 0.4) is 0 Å². The molecule has 208 valence electrons. The van der Waals surface area contributed by atoms with E-state index in [1.807, 2.05) is 77.1 Å². The van der Waals surface area contributed by atoms with Crippen molar-refractivity contribution in [1.82, 2.24) is 10.2 Å². The highest BCUT2D eigenvalue weighted by Crippen LogP contribution is 2.25. The second-order valence-electron chi connectivity index (χ2n) is 9.91. The predicted molar refractivity (Wildman–Crippen MR) is 156 cm³/mol. The van der Waals surface area contributed by atoms with Gasteiger partial charge in [-0.25, -0.2) is 8.42 Å². The van der Waals surface area contributed by atoms with E-state index in [0.29, 0.717) is 12.1 Å². The maximum absolute atomic E-state index is 14.0. The maximum Gasteiger partial charge on any atom is 0.264 e. The van der Waals surface area contributed by atoms with Crippen LogP contribution in [0.1, 0.15) is 50.3 Å². The number of rotatable bonds is 12. The Balaban J connectivity index is 2.04. The first-order valence-corrected chi connectivity index (χ1v) is 14.8. The van der Waals surface area contributed by atoms with Gasteiger partial charge in [0.05, 0.1) is 10.6 Å². The quantitative estimate of drug-likeness (QED) is 0.336. The molecule has 2 atom stereocenters. The zero-order valence-corrected chi connectivity index (χ0v) is 24.2.